The monoisotopic (exact) mass is 325 g/mol. The Morgan fingerprint density at radius 2 is 1.79 bits per heavy atom. The number of pyridine rings is 1. The summed E-state index contributed by atoms with van der Waals surface area (Å²) in [5.41, 5.74) is 2.15. The minimum atomic E-state index is -0.168. The Kier molecular flexibility index (Phi) is 6.07. The molecule has 0 atom stereocenters. The maximum absolute atomic E-state index is 12.5. The van der Waals surface area contributed by atoms with Crippen LogP contribution in [0.5, 0.6) is 0 Å². The topological polar surface area (TPSA) is 62.3 Å². The highest BCUT2D eigenvalue weighted by Gasteiger charge is 2.14. The van der Waals surface area contributed by atoms with Gasteiger partial charge < -0.3 is 10.2 Å². The number of benzene rings is 1. The predicted molar refractivity (Wildman–Crippen MR) is 93.9 cm³/mol. The summed E-state index contributed by atoms with van der Waals surface area (Å²) in [6.45, 7) is 4.41. The second-order valence-corrected chi connectivity index (χ2v) is 6.04. The lowest BCUT2D eigenvalue weighted by molar-refractivity contribution is 0.0796. The van der Waals surface area contributed by atoms with Gasteiger partial charge in [0.15, 0.2) is 0 Å². The molecule has 2 rings (SSSR count). The molecule has 0 bridgehead atoms. The highest BCUT2D eigenvalue weighted by atomic mass is 16.2. The fraction of sp³-hybridized carbons (Fsp3) is 0.316. The summed E-state index contributed by atoms with van der Waals surface area (Å²) >= 11 is 0. The summed E-state index contributed by atoms with van der Waals surface area (Å²) in [5.74, 6) is -0.262. The van der Waals surface area contributed by atoms with Crippen LogP contribution in [0.3, 0.4) is 0 Å². The van der Waals surface area contributed by atoms with Crippen LogP contribution in [-0.4, -0.2) is 41.3 Å². The number of nitrogens with one attached hydrogen (secondary N) is 1. The van der Waals surface area contributed by atoms with E-state index in [9.17, 15) is 9.59 Å². The average molecular weight is 325 g/mol. The van der Waals surface area contributed by atoms with Gasteiger partial charge >= 0.3 is 0 Å². The lowest BCUT2D eigenvalue weighted by atomic mass is 10.1. The molecule has 1 aromatic heterocycles. The van der Waals surface area contributed by atoms with Gasteiger partial charge in [0.05, 0.1) is 0 Å². The number of hydrogen-bond acceptors (Lipinski definition) is 3. The SMILES string of the molecule is CC(C)NC(=O)c1cccc(C(=O)N(C)CCc2ccncc2)c1. The number of hydrogen-bond donors (Lipinski definition) is 1. The molecule has 0 aliphatic carbocycles. The summed E-state index contributed by atoms with van der Waals surface area (Å²) in [6, 6.07) is 10.8. The van der Waals surface area contributed by atoms with Gasteiger partial charge in [-0.2, -0.15) is 0 Å². The molecule has 1 aromatic carbocycles. The third-order valence-corrected chi connectivity index (χ3v) is 3.62. The zero-order chi connectivity index (χ0) is 17.5. The Bertz CT molecular complexity index is 699. The summed E-state index contributed by atoms with van der Waals surface area (Å²) in [5, 5.41) is 2.83. The standard InChI is InChI=1S/C19H23N3O2/c1-14(2)21-18(23)16-5-4-6-17(13-16)19(24)22(3)12-9-15-7-10-20-11-8-15/h4-8,10-11,13-14H,9,12H2,1-3H3,(H,21,23). The average Bonchev–Trinajstić information content (AvgIpc) is 2.59. The molecule has 5 nitrogen and oxygen atoms in total. The number of carbonyl (C=O) groups is 2. The summed E-state index contributed by atoms with van der Waals surface area (Å²) < 4.78 is 0. The summed E-state index contributed by atoms with van der Waals surface area (Å²) in [6.07, 6.45) is 4.25. The lowest BCUT2D eigenvalue weighted by Gasteiger charge is -2.17. The first-order chi connectivity index (χ1) is 11.5. The molecular weight excluding hydrogens is 302 g/mol. The van der Waals surface area contributed by atoms with Crippen molar-refractivity contribution in [2.75, 3.05) is 13.6 Å². The van der Waals surface area contributed by atoms with Crippen molar-refractivity contribution in [3.63, 3.8) is 0 Å². The number of likely N-dealkylation sites (N-methyl/N-ethyl adjacent to an activating group) is 1. The number of carbonyl (C=O) groups excluding carboxylic acids is 2. The van der Waals surface area contributed by atoms with E-state index in [2.05, 4.69) is 10.3 Å². The van der Waals surface area contributed by atoms with E-state index in [-0.39, 0.29) is 17.9 Å². The van der Waals surface area contributed by atoms with Gasteiger partial charge in [-0.25, -0.2) is 0 Å². The molecule has 0 radical (unpaired) electrons. The van der Waals surface area contributed by atoms with Crippen molar-refractivity contribution in [2.45, 2.75) is 26.3 Å². The molecule has 0 spiro atoms. The van der Waals surface area contributed by atoms with Crippen LogP contribution in [0.2, 0.25) is 0 Å². The van der Waals surface area contributed by atoms with E-state index >= 15 is 0 Å². The van der Waals surface area contributed by atoms with E-state index in [1.807, 2.05) is 26.0 Å². The molecule has 24 heavy (non-hydrogen) atoms. The Morgan fingerprint density at radius 3 is 2.46 bits per heavy atom. The predicted octanol–water partition coefficient (Wildman–Crippen LogP) is 2.53. The van der Waals surface area contributed by atoms with Crippen LogP contribution in [0.25, 0.3) is 0 Å². The van der Waals surface area contributed by atoms with E-state index in [0.29, 0.717) is 17.7 Å². The zero-order valence-corrected chi connectivity index (χ0v) is 14.3. The molecule has 1 N–H and O–H groups in total. The number of nitrogens with zero attached hydrogens (tertiary/aromatic N) is 2. The number of rotatable bonds is 6. The fourth-order valence-corrected chi connectivity index (χ4v) is 2.31. The van der Waals surface area contributed by atoms with Crippen molar-refractivity contribution in [1.82, 2.24) is 15.2 Å². The molecule has 0 saturated heterocycles. The van der Waals surface area contributed by atoms with Crippen molar-refractivity contribution >= 4 is 11.8 Å². The largest absolute Gasteiger partial charge is 0.350 e. The molecule has 2 aromatic rings. The van der Waals surface area contributed by atoms with Crippen LogP contribution in [0.1, 0.15) is 40.1 Å². The zero-order valence-electron chi connectivity index (χ0n) is 14.3. The normalized spacial score (nSPS) is 10.5. The smallest absolute Gasteiger partial charge is 0.253 e. The van der Waals surface area contributed by atoms with Gasteiger partial charge in [-0.3, -0.25) is 14.6 Å². The van der Waals surface area contributed by atoms with E-state index < -0.39 is 0 Å². The van der Waals surface area contributed by atoms with Crippen molar-refractivity contribution in [1.29, 1.82) is 0 Å². The molecule has 0 unspecified atom stereocenters. The lowest BCUT2D eigenvalue weighted by Crippen LogP contribution is -2.31. The highest BCUT2D eigenvalue weighted by molar-refractivity contribution is 5.99. The minimum Gasteiger partial charge on any atom is -0.350 e. The Balaban J connectivity index is 2.02. The van der Waals surface area contributed by atoms with E-state index in [0.717, 1.165) is 12.0 Å². The van der Waals surface area contributed by atoms with Crippen molar-refractivity contribution in [3.8, 4) is 0 Å². The maximum atomic E-state index is 12.5. The summed E-state index contributed by atoms with van der Waals surface area (Å²) in [4.78, 5) is 30.3. The van der Waals surface area contributed by atoms with Gasteiger partial charge in [-0.05, 0) is 56.2 Å². The fourth-order valence-electron chi connectivity index (χ4n) is 2.31. The number of aromatic nitrogens is 1. The Hall–Kier alpha value is -2.69. The third kappa shape index (κ3) is 4.91. The highest BCUT2D eigenvalue weighted by Crippen LogP contribution is 2.09. The maximum Gasteiger partial charge on any atom is 0.253 e. The van der Waals surface area contributed by atoms with Gasteiger partial charge in [0.25, 0.3) is 11.8 Å². The van der Waals surface area contributed by atoms with Gasteiger partial charge in [0.2, 0.25) is 0 Å². The molecule has 5 heteroatoms. The molecule has 126 valence electrons. The van der Waals surface area contributed by atoms with Crippen LogP contribution in [0, 0.1) is 0 Å². The molecular formula is C19H23N3O2. The molecule has 1 heterocycles. The van der Waals surface area contributed by atoms with Crippen LogP contribution in [0.15, 0.2) is 48.8 Å². The van der Waals surface area contributed by atoms with Crippen molar-refractivity contribution < 1.29 is 9.59 Å². The van der Waals surface area contributed by atoms with Crippen molar-refractivity contribution in [3.05, 3.63) is 65.5 Å². The van der Waals surface area contributed by atoms with Gasteiger partial charge in [-0.15, -0.1) is 0 Å². The van der Waals surface area contributed by atoms with E-state index in [4.69, 9.17) is 0 Å². The third-order valence-electron chi connectivity index (χ3n) is 3.62. The first-order valence-corrected chi connectivity index (χ1v) is 8.02. The summed E-state index contributed by atoms with van der Waals surface area (Å²) in [7, 11) is 1.77. The van der Waals surface area contributed by atoms with Crippen LogP contribution < -0.4 is 5.32 Å². The minimum absolute atomic E-state index is 0.0555. The number of amides is 2. The first kappa shape index (κ1) is 17.7. The van der Waals surface area contributed by atoms with Crippen LogP contribution in [0.4, 0.5) is 0 Å². The van der Waals surface area contributed by atoms with Crippen molar-refractivity contribution in [2.24, 2.45) is 0 Å². The van der Waals surface area contributed by atoms with Crippen LogP contribution >= 0.6 is 0 Å². The van der Waals surface area contributed by atoms with Crippen LogP contribution in [-0.2, 0) is 6.42 Å². The quantitative estimate of drug-likeness (QED) is 0.888. The van der Waals surface area contributed by atoms with Gasteiger partial charge in [-0.1, -0.05) is 6.07 Å². The van der Waals surface area contributed by atoms with Gasteiger partial charge in [0.1, 0.15) is 0 Å². The Labute approximate surface area is 142 Å². The molecule has 0 aliphatic rings. The second kappa shape index (κ2) is 8.24. The Morgan fingerprint density at radius 1 is 1.12 bits per heavy atom. The molecule has 0 saturated carbocycles. The van der Waals surface area contributed by atoms with E-state index in [1.165, 1.54) is 0 Å². The molecule has 0 aliphatic heterocycles. The van der Waals surface area contributed by atoms with Gasteiger partial charge in [0, 0.05) is 43.2 Å². The van der Waals surface area contributed by atoms with E-state index in [1.54, 1.807) is 48.6 Å². The first-order valence-electron chi connectivity index (χ1n) is 8.02. The molecule has 2 amide bonds. The molecule has 0 fully saturated rings. The second-order valence-electron chi connectivity index (χ2n) is 6.04.